The van der Waals surface area contributed by atoms with E-state index in [1.165, 1.54) is 11.8 Å². The fourth-order valence-electron chi connectivity index (χ4n) is 4.97. The Morgan fingerprint density at radius 2 is 2.24 bits per heavy atom. The van der Waals surface area contributed by atoms with Gasteiger partial charge in [-0.3, -0.25) is 9.88 Å². The van der Waals surface area contributed by atoms with Gasteiger partial charge in [0.1, 0.15) is 24.5 Å². The first-order valence-corrected chi connectivity index (χ1v) is 12.9. The number of morpholine rings is 1. The second kappa shape index (κ2) is 12.1. The molecular weight excluding hydrogens is 494 g/mol. The number of hydrogen-bond acceptors (Lipinski definition) is 8. The van der Waals surface area contributed by atoms with Gasteiger partial charge in [0.05, 0.1) is 42.5 Å². The van der Waals surface area contributed by atoms with Gasteiger partial charge in [-0.2, -0.15) is 0 Å². The second-order valence-corrected chi connectivity index (χ2v) is 9.67. The molecule has 3 atom stereocenters. The summed E-state index contributed by atoms with van der Waals surface area (Å²) in [5, 5.41) is 16.1. The Balaban J connectivity index is 1.25. The number of aromatic nitrogens is 1. The number of ether oxygens (including phenoxy) is 4. The zero-order valence-electron chi connectivity index (χ0n) is 20.8. The molecule has 0 amide bonds. The highest BCUT2D eigenvalue weighted by atomic mass is 35.5. The first kappa shape index (κ1) is 25.8. The summed E-state index contributed by atoms with van der Waals surface area (Å²) in [6, 6.07) is 5.49. The number of β-amino-alcohol motifs (C(OH)–C–C–N with tert-alkyl or cyclic N) is 1. The molecule has 2 aliphatic heterocycles. The molecule has 1 aromatic heterocycles. The van der Waals surface area contributed by atoms with Crippen molar-refractivity contribution in [2.45, 2.75) is 31.1 Å². The molecule has 2 N–H and O–H groups in total. The quantitative estimate of drug-likeness (QED) is 0.503. The molecule has 0 radical (unpaired) electrons. The molecule has 0 saturated carbocycles. The number of hydrogen-bond donors (Lipinski definition) is 2. The zero-order valence-corrected chi connectivity index (χ0v) is 21.6. The van der Waals surface area contributed by atoms with E-state index in [4.69, 9.17) is 30.5 Å². The van der Waals surface area contributed by atoms with E-state index in [1.807, 2.05) is 18.2 Å². The summed E-state index contributed by atoms with van der Waals surface area (Å²) in [6.45, 7) is 3.04. The second-order valence-electron chi connectivity index (χ2n) is 9.27. The van der Waals surface area contributed by atoms with Crippen LogP contribution in [-0.2, 0) is 14.2 Å². The third-order valence-corrected chi connectivity index (χ3v) is 7.13. The van der Waals surface area contributed by atoms with E-state index in [2.05, 4.69) is 33.4 Å². The maximum atomic E-state index is 11.3. The molecule has 196 valence electrons. The largest absolute Gasteiger partial charge is 0.497 e. The predicted molar refractivity (Wildman–Crippen MR) is 142 cm³/mol. The van der Waals surface area contributed by atoms with Gasteiger partial charge in [0.15, 0.2) is 5.76 Å². The van der Waals surface area contributed by atoms with E-state index >= 15 is 0 Å². The minimum atomic E-state index is -0.784. The van der Waals surface area contributed by atoms with Crippen LogP contribution in [-0.4, -0.2) is 67.0 Å². The van der Waals surface area contributed by atoms with Crippen molar-refractivity contribution in [1.29, 1.82) is 0 Å². The molecular formula is C28H32ClN3O5. The van der Waals surface area contributed by atoms with E-state index in [-0.39, 0.29) is 12.1 Å². The molecule has 1 saturated heterocycles. The highest BCUT2D eigenvalue weighted by Gasteiger charge is 2.28. The highest BCUT2D eigenvalue weighted by Crippen LogP contribution is 2.33. The van der Waals surface area contributed by atoms with Crippen molar-refractivity contribution in [2.75, 3.05) is 39.9 Å². The maximum Gasteiger partial charge on any atom is 0.159 e. The van der Waals surface area contributed by atoms with Crippen molar-refractivity contribution in [3.8, 4) is 5.75 Å². The van der Waals surface area contributed by atoms with Gasteiger partial charge in [-0.05, 0) is 36.6 Å². The Labute approximate surface area is 221 Å². The molecule has 1 aromatic carbocycles. The van der Waals surface area contributed by atoms with Crippen LogP contribution in [0.25, 0.3) is 10.9 Å². The number of fused-ring (bicyclic) bond motifs is 1. The van der Waals surface area contributed by atoms with Crippen LogP contribution in [0.3, 0.4) is 0 Å². The lowest BCUT2D eigenvalue weighted by atomic mass is 9.96. The van der Waals surface area contributed by atoms with Crippen LogP contribution in [0.4, 0.5) is 0 Å². The average Bonchev–Trinajstić information content (AvgIpc) is 2.94. The topological polar surface area (TPSA) is 85.3 Å². The molecule has 1 fully saturated rings. The molecule has 37 heavy (non-hydrogen) atoms. The van der Waals surface area contributed by atoms with E-state index in [1.54, 1.807) is 25.8 Å². The Kier molecular flexibility index (Phi) is 8.43. The molecule has 9 heteroatoms. The lowest BCUT2D eigenvalue weighted by Gasteiger charge is -2.35. The minimum absolute atomic E-state index is 0.0476. The average molecular weight is 526 g/mol. The number of benzene rings is 1. The Hall–Kier alpha value is -2.88. The summed E-state index contributed by atoms with van der Waals surface area (Å²) < 4.78 is 22.5. The van der Waals surface area contributed by atoms with Crippen molar-refractivity contribution in [3.05, 3.63) is 83.3 Å². The first-order valence-electron chi connectivity index (χ1n) is 12.5. The predicted octanol–water partition coefficient (Wildman–Crippen LogP) is 4.23. The molecule has 3 aliphatic rings. The molecule has 1 aliphatic carbocycles. The van der Waals surface area contributed by atoms with Gasteiger partial charge in [-0.1, -0.05) is 29.8 Å². The summed E-state index contributed by atoms with van der Waals surface area (Å²) in [5.41, 5.74) is 2.67. The number of nitrogens with one attached hydrogen (secondary N) is 1. The SMILES string of the molecule is COc1ccc2ncc(Cl)c(C(O)CN3CCOC(CNC(C4=CC=CCC4)C4=COC=CO4)C3)c2c1. The molecule has 0 spiro atoms. The monoisotopic (exact) mass is 525 g/mol. The summed E-state index contributed by atoms with van der Waals surface area (Å²) in [7, 11) is 1.61. The van der Waals surface area contributed by atoms with E-state index in [0.717, 1.165) is 36.0 Å². The third-order valence-electron chi connectivity index (χ3n) is 6.83. The number of pyridine rings is 1. The number of aliphatic hydroxyl groups is 1. The van der Waals surface area contributed by atoms with Gasteiger partial charge in [-0.15, -0.1) is 0 Å². The number of methoxy groups -OCH3 is 1. The van der Waals surface area contributed by atoms with E-state index < -0.39 is 6.10 Å². The van der Waals surface area contributed by atoms with Gasteiger partial charge < -0.3 is 29.4 Å². The summed E-state index contributed by atoms with van der Waals surface area (Å²) in [6.07, 6.45) is 13.8. The van der Waals surface area contributed by atoms with E-state index in [0.29, 0.717) is 42.6 Å². The van der Waals surface area contributed by atoms with Crippen molar-refractivity contribution >= 4 is 22.5 Å². The van der Waals surface area contributed by atoms with Crippen LogP contribution in [0.5, 0.6) is 5.75 Å². The fraction of sp³-hybridized carbons (Fsp3) is 0.393. The molecule has 3 unspecified atom stereocenters. The van der Waals surface area contributed by atoms with E-state index in [9.17, 15) is 5.11 Å². The van der Waals surface area contributed by atoms with Crippen LogP contribution in [0.1, 0.15) is 24.5 Å². The zero-order chi connectivity index (χ0) is 25.6. The number of rotatable bonds is 9. The molecule has 5 rings (SSSR count). The fourth-order valence-corrected chi connectivity index (χ4v) is 5.25. The van der Waals surface area contributed by atoms with Crippen molar-refractivity contribution in [3.63, 3.8) is 0 Å². The van der Waals surface area contributed by atoms with Crippen LogP contribution < -0.4 is 10.1 Å². The molecule has 8 nitrogen and oxygen atoms in total. The van der Waals surface area contributed by atoms with Gasteiger partial charge in [0.25, 0.3) is 0 Å². The Morgan fingerprint density at radius 1 is 1.32 bits per heavy atom. The molecule has 2 aromatic rings. The van der Waals surface area contributed by atoms with Gasteiger partial charge >= 0.3 is 0 Å². The third kappa shape index (κ3) is 6.17. The number of allylic oxidation sites excluding steroid dienone is 3. The van der Waals surface area contributed by atoms with Gasteiger partial charge in [0, 0.05) is 43.3 Å². The molecule has 0 bridgehead atoms. The molecule has 3 heterocycles. The van der Waals surface area contributed by atoms with Gasteiger partial charge in [0.2, 0.25) is 0 Å². The normalized spacial score (nSPS) is 21.5. The first-order chi connectivity index (χ1) is 18.1. The number of nitrogens with zero attached hydrogens (tertiary/aromatic N) is 2. The van der Waals surface area contributed by atoms with Crippen LogP contribution >= 0.6 is 11.6 Å². The smallest absolute Gasteiger partial charge is 0.159 e. The number of halogens is 1. The lowest BCUT2D eigenvalue weighted by Crippen LogP contribution is -2.49. The Morgan fingerprint density at radius 3 is 3.03 bits per heavy atom. The summed E-state index contributed by atoms with van der Waals surface area (Å²) in [5.74, 6) is 1.42. The van der Waals surface area contributed by atoms with Gasteiger partial charge in [-0.25, -0.2) is 0 Å². The van der Waals surface area contributed by atoms with Crippen LogP contribution in [0.15, 0.2) is 72.7 Å². The Bertz CT molecular complexity index is 1230. The standard InChI is InChI=1S/C28H32ClN3O5/c1-34-20-7-8-24-22(13-20)27(23(29)15-30-24)25(33)17-32-9-10-36-21(16-32)14-31-28(19-5-3-2-4-6-19)26-18-35-11-12-37-26/h2-3,5,7-8,11-13,15,18,21,25,28,31,33H,4,6,9-10,14,16-17H2,1H3. The maximum absolute atomic E-state index is 11.3. The van der Waals surface area contributed by atoms with Crippen molar-refractivity contribution in [1.82, 2.24) is 15.2 Å². The highest BCUT2D eigenvalue weighted by molar-refractivity contribution is 6.32. The van der Waals surface area contributed by atoms with Crippen LogP contribution in [0.2, 0.25) is 5.02 Å². The lowest BCUT2D eigenvalue weighted by molar-refractivity contribution is -0.0400. The van der Waals surface area contributed by atoms with Crippen molar-refractivity contribution < 1.29 is 24.1 Å². The summed E-state index contributed by atoms with van der Waals surface area (Å²) >= 11 is 6.51. The summed E-state index contributed by atoms with van der Waals surface area (Å²) in [4.78, 5) is 6.61. The number of aliphatic hydroxyl groups excluding tert-OH is 1. The van der Waals surface area contributed by atoms with Crippen molar-refractivity contribution in [2.24, 2.45) is 0 Å². The van der Waals surface area contributed by atoms with Crippen LogP contribution in [0, 0.1) is 0 Å². The minimum Gasteiger partial charge on any atom is -0.497 e.